The van der Waals surface area contributed by atoms with E-state index in [9.17, 15) is 14.4 Å². The molecule has 1 saturated carbocycles. The molecule has 0 aromatic heterocycles. The molecule has 3 N–H and O–H groups in total. The zero-order valence-electron chi connectivity index (χ0n) is 23.3. The molecule has 3 amide bonds. The summed E-state index contributed by atoms with van der Waals surface area (Å²) in [6.07, 6.45) is 18.5. The third kappa shape index (κ3) is 15.1. The van der Waals surface area contributed by atoms with E-state index in [-0.39, 0.29) is 37.1 Å². The van der Waals surface area contributed by atoms with Gasteiger partial charge >= 0.3 is 0 Å². The molecular weight excluding hydrogens is 454 g/mol. The van der Waals surface area contributed by atoms with Crippen LogP contribution in [-0.4, -0.2) is 49.6 Å². The van der Waals surface area contributed by atoms with Crippen LogP contribution in [0.5, 0.6) is 0 Å². The maximum atomic E-state index is 12.2. The minimum atomic E-state index is -0.573. The molecule has 0 radical (unpaired) electrons. The van der Waals surface area contributed by atoms with Crippen LogP contribution in [0.3, 0.4) is 0 Å². The van der Waals surface area contributed by atoms with Crippen LogP contribution in [0.2, 0.25) is 0 Å². The molecule has 0 spiro atoms. The average Bonchev–Trinajstić information content (AvgIpc) is 2.79. The van der Waals surface area contributed by atoms with Crippen molar-refractivity contribution in [1.29, 1.82) is 0 Å². The lowest BCUT2D eigenvalue weighted by molar-refractivity contribution is -0.131. The van der Waals surface area contributed by atoms with Crippen LogP contribution in [0.1, 0.15) is 111 Å². The van der Waals surface area contributed by atoms with E-state index in [1.165, 1.54) is 51.4 Å². The van der Waals surface area contributed by atoms with Gasteiger partial charge in [-0.05, 0) is 45.4 Å². The van der Waals surface area contributed by atoms with Crippen LogP contribution in [0, 0.1) is 23.7 Å². The summed E-state index contributed by atoms with van der Waals surface area (Å²) in [7, 11) is 0. The number of carbonyl (C=O) groups is 3. The molecule has 0 atom stereocenters. The van der Waals surface area contributed by atoms with Crippen molar-refractivity contribution in [2.75, 3.05) is 26.2 Å². The van der Waals surface area contributed by atoms with Crippen LogP contribution in [0.4, 0.5) is 0 Å². The average molecular weight is 506 g/mol. The number of amides is 3. The highest BCUT2D eigenvalue weighted by Gasteiger charge is 2.28. The number of carbonyl (C=O) groups excluding carboxylic acids is 3. The molecular formula is C29H51N3O4. The van der Waals surface area contributed by atoms with Gasteiger partial charge in [0.15, 0.2) is 0 Å². The van der Waals surface area contributed by atoms with Crippen molar-refractivity contribution in [2.45, 2.75) is 117 Å². The number of hydrogen-bond donors (Lipinski definition) is 3. The summed E-state index contributed by atoms with van der Waals surface area (Å²) in [5.41, 5.74) is -1.01. The molecule has 1 fully saturated rings. The van der Waals surface area contributed by atoms with E-state index in [0.29, 0.717) is 32.5 Å². The minimum absolute atomic E-state index is 0.0552. The molecule has 7 heteroatoms. The normalized spacial score (nSPS) is 15.3. The fourth-order valence-corrected chi connectivity index (χ4v) is 4.49. The van der Waals surface area contributed by atoms with Crippen molar-refractivity contribution in [2.24, 2.45) is 11.3 Å². The Labute approximate surface area is 219 Å². The first-order valence-electron chi connectivity index (χ1n) is 13.9. The Morgan fingerprint density at radius 3 is 2.06 bits per heavy atom. The second-order valence-corrected chi connectivity index (χ2v) is 11.4. The molecule has 0 aromatic rings. The minimum Gasteiger partial charge on any atom is -0.375 e. The van der Waals surface area contributed by atoms with Crippen molar-refractivity contribution in [3.8, 4) is 12.3 Å². The second-order valence-electron chi connectivity index (χ2n) is 11.4. The first kappa shape index (κ1) is 32.0. The molecule has 1 aliphatic carbocycles. The molecule has 0 unspecified atom stereocenters. The summed E-state index contributed by atoms with van der Waals surface area (Å²) in [5.74, 6) is 2.95. The van der Waals surface area contributed by atoms with Gasteiger partial charge in [0.2, 0.25) is 17.7 Å². The first-order chi connectivity index (χ1) is 17.1. The van der Waals surface area contributed by atoms with Crippen LogP contribution in [0.25, 0.3) is 0 Å². The Kier molecular flexibility index (Phi) is 15.4. The molecule has 1 aliphatic rings. The van der Waals surface area contributed by atoms with Crippen molar-refractivity contribution in [3.63, 3.8) is 0 Å². The number of hydrogen-bond acceptors (Lipinski definition) is 4. The van der Waals surface area contributed by atoms with E-state index in [2.05, 4.69) is 21.9 Å². The fraction of sp³-hybridized carbons (Fsp3) is 0.828. The van der Waals surface area contributed by atoms with Gasteiger partial charge in [0.1, 0.15) is 0 Å². The quantitative estimate of drug-likeness (QED) is 0.213. The van der Waals surface area contributed by atoms with E-state index < -0.39 is 11.0 Å². The number of rotatable bonds is 16. The Balaban J connectivity index is 2.13. The maximum Gasteiger partial charge on any atom is 0.226 e. The second kappa shape index (κ2) is 17.4. The highest BCUT2D eigenvalue weighted by molar-refractivity contribution is 5.83. The lowest BCUT2D eigenvalue weighted by Crippen LogP contribution is -2.39. The molecule has 0 heterocycles. The number of ether oxygens (including phenoxy) is 1. The summed E-state index contributed by atoms with van der Waals surface area (Å²) in [4.78, 5) is 36.4. The molecule has 206 valence electrons. The Morgan fingerprint density at radius 2 is 1.44 bits per heavy atom. The van der Waals surface area contributed by atoms with Gasteiger partial charge in [0.05, 0.1) is 12.1 Å². The summed E-state index contributed by atoms with van der Waals surface area (Å²) >= 11 is 0. The van der Waals surface area contributed by atoms with Crippen LogP contribution >= 0.6 is 0 Å². The SMILES string of the molecule is C#CCNC(=O)C(C)(C)CCOC(C)(C)CCNC(=O)CCC(=O)NCCCC1CCCCCCC1. The highest BCUT2D eigenvalue weighted by Crippen LogP contribution is 2.25. The predicted octanol–water partition coefficient (Wildman–Crippen LogP) is 4.49. The van der Waals surface area contributed by atoms with Crippen LogP contribution in [-0.2, 0) is 19.1 Å². The number of terminal acetylenes is 1. The Morgan fingerprint density at radius 1 is 0.861 bits per heavy atom. The van der Waals surface area contributed by atoms with Gasteiger partial charge < -0.3 is 20.7 Å². The van der Waals surface area contributed by atoms with Crippen molar-refractivity contribution >= 4 is 17.7 Å². The molecule has 0 aliphatic heterocycles. The highest BCUT2D eigenvalue weighted by atomic mass is 16.5. The molecule has 0 aromatic carbocycles. The first-order valence-corrected chi connectivity index (χ1v) is 13.9. The smallest absolute Gasteiger partial charge is 0.226 e. The zero-order valence-corrected chi connectivity index (χ0v) is 23.3. The molecule has 1 rings (SSSR count). The monoisotopic (exact) mass is 505 g/mol. The van der Waals surface area contributed by atoms with Crippen LogP contribution < -0.4 is 16.0 Å². The predicted molar refractivity (Wildman–Crippen MR) is 145 cm³/mol. The van der Waals surface area contributed by atoms with Gasteiger partial charge in [-0.15, -0.1) is 6.42 Å². The Bertz CT molecular complexity index is 704. The topological polar surface area (TPSA) is 96.5 Å². The third-order valence-corrected chi connectivity index (χ3v) is 7.15. The van der Waals surface area contributed by atoms with Crippen molar-refractivity contribution < 1.29 is 19.1 Å². The van der Waals surface area contributed by atoms with E-state index in [1.54, 1.807) is 0 Å². The summed E-state index contributed by atoms with van der Waals surface area (Å²) < 4.78 is 5.98. The summed E-state index contributed by atoms with van der Waals surface area (Å²) in [6.45, 7) is 9.48. The molecule has 0 saturated heterocycles. The lowest BCUT2D eigenvalue weighted by atomic mass is 9.88. The van der Waals surface area contributed by atoms with Gasteiger partial charge in [0, 0.05) is 38.0 Å². The summed E-state index contributed by atoms with van der Waals surface area (Å²) in [6, 6.07) is 0. The fourth-order valence-electron chi connectivity index (χ4n) is 4.49. The van der Waals surface area contributed by atoms with Crippen molar-refractivity contribution in [1.82, 2.24) is 16.0 Å². The molecule has 36 heavy (non-hydrogen) atoms. The third-order valence-electron chi connectivity index (χ3n) is 7.15. The molecule has 0 bridgehead atoms. The van der Waals surface area contributed by atoms with Gasteiger partial charge in [0.25, 0.3) is 0 Å². The van der Waals surface area contributed by atoms with Gasteiger partial charge in [-0.2, -0.15) is 0 Å². The van der Waals surface area contributed by atoms with Crippen molar-refractivity contribution in [3.05, 3.63) is 0 Å². The van der Waals surface area contributed by atoms with E-state index in [0.717, 1.165) is 12.3 Å². The largest absolute Gasteiger partial charge is 0.375 e. The maximum absolute atomic E-state index is 12.2. The van der Waals surface area contributed by atoms with E-state index in [1.807, 2.05) is 27.7 Å². The molecule has 7 nitrogen and oxygen atoms in total. The van der Waals surface area contributed by atoms with Gasteiger partial charge in [-0.25, -0.2) is 0 Å². The lowest BCUT2D eigenvalue weighted by Gasteiger charge is -2.29. The standard InChI is InChI=1S/C29H51N3O4/c1-6-20-32-27(35)28(2,3)19-23-36-29(4,5)18-22-31-26(34)17-16-25(33)30-21-12-15-24-13-10-8-7-9-11-14-24/h1,24H,7-23H2,2-5H3,(H,30,33)(H,31,34)(H,32,35). The van der Waals surface area contributed by atoms with Gasteiger partial charge in [-0.3, -0.25) is 14.4 Å². The van der Waals surface area contributed by atoms with Gasteiger partial charge in [-0.1, -0.05) is 64.7 Å². The van der Waals surface area contributed by atoms with Crippen LogP contribution in [0.15, 0.2) is 0 Å². The summed E-state index contributed by atoms with van der Waals surface area (Å²) in [5, 5.41) is 8.56. The Hall–Kier alpha value is -2.07. The van der Waals surface area contributed by atoms with E-state index in [4.69, 9.17) is 11.2 Å². The van der Waals surface area contributed by atoms with E-state index >= 15 is 0 Å². The number of nitrogens with one attached hydrogen (secondary N) is 3. The zero-order chi connectivity index (χ0) is 26.9.